The number of aryl methyl sites for hydroxylation is 1. The molecule has 0 N–H and O–H groups in total. The molecule has 1 atom stereocenters. The molecule has 0 bridgehead atoms. The van der Waals surface area contributed by atoms with Crippen LogP contribution >= 0.6 is 11.8 Å². The normalized spacial score (nSPS) is 12.0. The number of hydrogen-bond donors (Lipinski definition) is 0. The summed E-state index contributed by atoms with van der Waals surface area (Å²) in [5.41, 5.74) is 2.29. The van der Waals surface area contributed by atoms with Crippen LogP contribution in [-0.2, 0) is 12.8 Å². The van der Waals surface area contributed by atoms with Crippen LogP contribution in [0, 0.1) is 6.92 Å². The van der Waals surface area contributed by atoms with Crippen molar-refractivity contribution >= 4 is 11.8 Å². The second-order valence-electron chi connectivity index (χ2n) is 6.07. The van der Waals surface area contributed by atoms with Gasteiger partial charge in [-0.15, -0.1) is 10.2 Å². The summed E-state index contributed by atoms with van der Waals surface area (Å²) in [5, 5.41) is 9.52. The van der Waals surface area contributed by atoms with Crippen LogP contribution in [0.5, 0.6) is 11.5 Å². The zero-order valence-electron chi connectivity index (χ0n) is 15.5. The van der Waals surface area contributed by atoms with Gasteiger partial charge in [-0.3, -0.25) is 0 Å². The van der Waals surface area contributed by atoms with Crippen molar-refractivity contribution in [3.8, 4) is 11.5 Å². The fraction of sp³-hybridized carbons (Fsp3) is 0.300. The highest BCUT2D eigenvalue weighted by Gasteiger charge is 2.18. The van der Waals surface area contributed by atoms with Gasteiger partial charge < -0.3 is 14.0 Å². The Kier molecular flexibility index (Phi) is 5.83. The lowest BCUT2D eigenvalue weighted by Crippen LogP contribution is -2.10. The number of ether oxygens (including phenoxy) is 2. The van der Waals surface area contributed by atoms with Crippen LogP contribution in [0.25, 0.3) is 0 Å². The van der Waals surface area contributed by atoms with Gasteiger partial charge in [-0.25, -0.2) is 0 Å². The highest BCUT2D eigenvalue weighted by Crippen LogP contribution is 2.27. The zero-order valence-corrected chi connectivity index (χ0v) is 16.3. The van der Waals surface area contributed by atoms with Crippen molar-refractivity contribution in [2.45, 2.75) is 30.9 Å². The Bertz CT molecular complexity index is 879. The van der Waals surface area contributed by atoms with Crippen LogP contribution in [0.4, 0.5) is 0 Å². The number of methoxy groups -OCH3 is 1. The minimum atomic E-state index is -0.181. The standard InChI is InChI=1S/C20H23N3O2S/c1-14-8-5-6-11-18(14)25-15(2)19-21-22-20(23(19)3)26-13-16-9-7-10-17(12-16)24-4/h5-12,15H,13H2,1-4H3. The molecule has 26 heavy (non-hydrogen) atoms. The lowest BCUT2D eigenvalue weighted by atomic mass is 10.2. The molecule has 3 aromatic rings. The van der Waals surface area contributed by atoms with E-state index in [1.54, 1.807) is 18.9 Å². The summed E-state index contributed by atoms with van der Waals surface area (Å²) in [4.78, 5) is 0. The zero-order chi connectivity index (χ0) is 18.5. The van der Waals surface area contributed by atoms with Gasteiger partial charge in [-0.1, -0.05) is 42.1 Å². The molecule has 0 saturated heterocycles. The number of thioether (sulfide) groups is 1. The summed E-state index contributed by atoms with van der Waals surface area (Å²) >= 11 is 1.65. The quantitative estimate of drug-likeness (QED) is 0.571. The maximum Gasteiger partial charge on any atom is 0.191 e. The van der Waals surface area contributed by atoms with Crippen molar-refractivity contribution in [2.75, 3.05) is 7.11 Å². The van der Waals surface area contributed by atoms with Crippen LogP contribution < -0.4 is 9.47 Å². The van der Waals surface area contributed by atoms with E-state index in [-0.39, 0.29) is 6.10 Å². The number of nitrogens with zero attached hydrogens (tertiary/aromatic N) is 3. The molecular weight excluding hydrogens is 346 g/mol. The van der Waals surface area contributed by atoms with Crippen molar-refractivity contribution in [2.24, 2.45) is 7.05 Å². The number of aromatic nitrogens is 3. The van der Waals surface area contributed by atoms with Crippen molar-refractivity contribution in [3.05, 3.63) is 65.5 Å². The summed E-state index contributed by atoms with van der Waals surface area (Å²) in [7, 11) is 3.65. The van der Waals surface area contributed by atoms with Crippen molar-refractivity contribution in [1.29, 1.82) is 0 Å². The van der Waals surface area contributed by atoms with Crippen molar-refractivity contribution < 1.29 is 9.47 Å². The molecule has 3 rings (SSSR count). The predicted molar refractivity (Wildman–Crippen MR) is 104 cm³/mol. The molecule has 1 heterocycles. The van der Waals surface area contributed by atoms with Crippen LogP contribution in [0.15, 0.2) is 53.7 Å². The molecule has 6 heteroatoms. The third-order valence-corrected chi connectivity index (χ3v) is 5.22. The fourth-order valence-corrected chi connectivity index (χ4v) is 3.51. The maximum absolute atomic E-state index is 6.07. The molecule has 0 aliphatic carbocycles. The van der Waals surface area contributed by atoms with Gasteiger partial charge in [-0.2, -0.15) is 0 Å². The largest absolute Gasteiger partial charge is 0.497 e. The lowest BCUT2D eigenvalue weighted by molar-refractivity contribution is 0.210. The van der Waals surface area contributed by atoms with Crippen LogP contribution in [-0.4, -0.2) is 21.9 Å². The SMILES string of the molecule is COc1cccc(CSc2nnc(C(C)Oc3ccccc3C)n2C)c1. The molecule has 136 valence electrons. The van der Waals surface area contributed by atoms with Gasteiger partial charge in [0.2, 0.25) is 0 Å². The van der Waals surface area contributed by atoms with Crippen LogP contribution in [0.3, 0.4) is 0 Å². The Hall–Kier alpha value is -2.47. The van der Waals surface area contributed by atoms with E-state index >= 15 is 0 Å². The maximum atomic E-state index is 6.07. The highest BCUT2D eigenvalue weighted by molar-refractivity contribution is 7.98. The molecule has 0 aliphatic rings. The molecule has 1 aromatic heterocycles. The summed E-state index contributed by atoms with van der Waals surface area (Å²) in [5.74, 6) is 3.34. The van der Waals surface area contributed by atoms with Gasteiger partial charge in [0.1, 0.15) is 11.5 Å². The number of hydrogen-bond acceptors (Lipinski definition) is 5. The average molecular weight is 369 g/mol. The topological polar surface area (TPSA) is 49.2 Å². The van der Waals surface area contributed by atoms with Crippen LogP contribution in [0.1, 0.15) is 30.0 Å². The molecule has 0 radical (unpaired) electrons. The van der Waals surface area contributed by atoms with E-state index in [1.807, 2.05) is 67.9 Å². The van der Waals surface area contributed by atoms with Gasteiger partial charge in [-0.05, 0) is 43.2 Å². The Morgan fingerprint density at radius 3 is 2.69 bits per heavy atom. The molecule has 0 aliphatic heterocycles. The first-order valence-electron chi connectivity index (χ1n) is 8.45. The average Bonchev–Trinajstić information content (AvgIpc) is 3.02. The second kappa shape index (κ2) is 8.27. The Morgan fingerprint density at radius 1 is 1.12 bits per heavy atom. The second-order valence-corrected chi connectivity index (χ2v) is 7.01. The lowest BCUT2D eigenvalue weighted by Gasteiger charge is -2.15. The Labute approximate surface area is 158 Å². The number of benzene rings is 2. The summed E-state index contributed by atoms with van der Waals surface area (Å²) in [6, 6.07) is 16.0. The first-order chi connectivity index (χ1) is 12.6. The smallest absolute Gasteiger partial charge is 0.191 e. The van der Waals surface area contributed by atoms with E-state index in [0.29, 0.717) is 0 Å². The monoisotopic (exact) mass is 369 g/mol. The van der Waals surface area contributed by atoms with Gasteiger partial charge in [0.05, 0.1) is 7.11 Å². The third-order valence-electron chi connectivity index (χ3n) is 4.13. The van der Waals surface area contributed by atoms with Gasteiger partial charge in [0, 0.05) is 12.8 Å². The number of rotatable bonds is 7. The van der Waals surface area contributed by atoms with E-state index in [2.05, 4.69) is 16.3 Å². The Morgan fingerprint density at radius 2 is 1.92 bits per heavy atom. The molecule has 0 saturated carbocycles. The summed E-state index contributed by atoms with van der Waals surface area (Å²) in [6.45, 7) is 4.03. The predicted octanol–water partition coefficient (Wildman–Crippen LogP) is 4.56. The molecule has 2 aromatic carbocycles. The number of para-hydroxylation sites is 1. The van der Waals surface area contributed by atoms with Gasteiger partial charge >= 0.3 is 0 Å². The molecule has 0 amide bonds. The minimum Gasteiger partial charge on any atom is -0.497 e. The molecular formula is C20H23N3O2S. The van der Waals surface area contributed by atoms with E-state index in [4.69, 9.17) is 9.47 Å². The van der Waals surface area contributed by atoms with E-state index in [1.165, 1.54) is 5.56 Å². The third kappa shape index (κ3) is 4.19. The molecule has 1 unspecified atom stereocenters. The Balaban J connectivity index is 1.68. The van der Waals surface area contributed by atoms with E-state index < -0.39 is 0 Å². The van der Waals surface area contributed by atoms with E-state index in [0.717, 1.165) is 33.8 Å². The fourth-order valence-electron chi connectivity index (χ4n) is 2.65. The van der Waals surface area contributed by atoms with E-state index in [9.17, 15) is 0 Å². The highest BCUT2D eigenvalue weighted by atomic mass is 32.2. The first kappa shape index (κ1) is 18.3. The minimum absolute atomic E-state index is 0.181. The van der Waals surface area contributed by atoms with Crippen LogP contribution in [0.2, 0.25) is 0 Å². The first-order valence-corrected chi connectivity index (χ1v) is 9.44. The van der Waals surface area contributed by atoms with Crippen molar-refractivity contribution in [3.63, 3.8) is 0 Å². The van der Waals surface area contributed by atoms with Gasteiger partial charge in [0.25, 0.3) is 0 Å². The van der Waals surface area contributed by atoms with Crippen molar-refractivity contribution in [1.82, 2.24) is 14.8 Å². The molecule has 5 nitrogen and oxygen atoms in total. The van der Waals surface area contributed by atoms with Gasteiger partial charge in [0.15, 0.2) is 17.1 Å². The molecule has 0 fully saturated rings. The molecule has 0 spiro atoms. The summed E-state index contributed by atoms with van der Waals surface area (Å²) in [6.07, 6.45) is -0.181. The summed E-state index contributed by atoms with van der Waals surface area (Å²) < 4.78 is 13.3.